The molecule has 0 aliphatic carbocycles. The molecule has 0 spiro atoms. The first kappa shape index (κ1) is 19.6. The average Bonchev–Trinajstić information content (AvgIpc) is 3.32. The number of benzene rings is 3. The van der Waals surface area contributed by atoms with Gasteiger partial charge < -0.3 is 19.5 Å². The molecule has 0 radical (unpaired) electrons. The number of aliphatic hydroxyl groups is 1. The van der Waals surface area contributed by atoms with E-state index < -0.39 is 11.5 Å². The molecule has 2 aliphatic rings. The van der Waals surface area contributed by atoms with Crippen molar-refractivity contribution in [1.29, 1.82) is 0 Å². The summed E-state index contributed by atoms with van der Waals surface area (Å²) in [5, 5.41) is 11.9. The number of carbonyl (C=O) groups is 2. The van der Waals surface area contributed by atoms with Gasteiger partial charge in [-0.2, -0.15) is 0 Å². The zero-order valence-corrected chi connectivity index (χ0v) is 17.1. The van der Waals surface area contributed by atoms with Crippen LogP contribution < -0.4 is 14.4 Å². The molecule has 1 amide bonds. The van der Waals surface area contributed by atoms with Gasteiger partial charge in [0.2, 0.25) is 6.79 Å². The lowest BCUT2D eigenvalue weighted by atomic mass is 9.88. The quantitative estimate of drug-likeness (QED) is 0.611. The summed E-state index contributed by atoms with van der Waals surface area (Å²) >= 11 is 5.90. The first-order chi connectivity index (χ1) is 15.0. The van der Waals surface area contributed by atoms with Gasteiger partial charge in [0, 0.05) is 16.1 Å². The van der Waals surface area contributed by atoms with Crippen molar-refractivity contribution >= 4 is 29.0 Å². The van der Waals surface area contributed by atoms with Gasteiger partial charge in [-0.25, -0.2) is 0 Å². The van der Waals surface area contributed by atoms with Gasteiger partial charge in [0.1, 0.15) is 0 Å². The maximum Gasteiger partial charge on any atom is 0.264 e. The minimum atomic E-state index is -1.94. The summed E-state index contributed by atoms with van der Waals surface area (Å²) in [5.74, 6) is 0.397. The Bertz CT molecular complexity index is 1190. The van der Waals surface area contributed by atoms with Crippen LogP contribution in [0.25, 0.3) is 0 Å². The third-order valence-corrected chi connectivity index (χ3v) is 5.85. The summed E-state index contributed by atoms with van der Waals surface area (Å²) in [6, 6.07) is 18.8. The van der Waals surface area contributed by atoms with Crippen LogP contribution in [0.2, 0.25) is 5.02 Å². The number of rotatable bonds is 5. The predicted molar refractivity (Wildman–Crippen MR) is 114 cm³/mol. The molecule has 0 saturated carbocycles. The van der Waals surface area contributed by atoms with E-state index in [2.05, 4.69) is 0 Å². The first-order valence-corrected chi connectivity index (χ1v) is 10.1. The van der Waals surface area contributed by atoms with Crippen LogP contribution in [0.5, 0.6) is 11.5 Å². The standard InChI is InChI=1S/C24H18ClNO5/c25-17-8-6-16(7-9-17)20(27)12-24(29)18-3-1-2-4-19(18)26(23(24)28)13-15-5-10-21-22(11-15)31-14-30-21/h1-11,29H,12-14H2/t24-/m1/s1. The van der Waals surface area contributed by atoms with Crippen LogP contribution in [0, 0.1) is 0 Å². The highest BCUT2D eigenvalue weighted by Crippen LogP contribution is 2.44. The fourth-order valence-electron chi connectivity index (χ4n) is 4.03. The second-order valence-corrected chi connectivity index (χ2v) is 8.00. The number of hydrogen-bond acceptors (Lipinski definition) is 5. The molecule has 1 N–H and O–H groups in total. The van der Waals surface area contributed by atoms with E-state index >= 15 is 0 Å². The van der Waals surface area contributed by atoms with Crippen molar-refractivity contribution in [2.75, 3.05) is 11.7 Å². The van der Waals surface area contributed by atoms with E-state index in [4.69, 9.17) is 21.1 Å². The molecule has 0 aromatic heterocycles. The van der Waals surface area contributed by atoms with Gasteiger partial charge >= 0.3 is 0 Å². The third kappa shape index (κ3) is 3.34. The van der Waals surface area contributed by atoms with Crippen molar-refractivity contribution in [3.63, 3.8) is 0 Å². The molecular formula is C24H18ClNO5. The largest absolute Gasteiger partial charge is 0.454 e. The number of halogens is 1. The third-order valence-electron chi connectivity index (χ3n) is 5.60. The minimum Gasteiger partial charge on any atom is -0.454 e. The number of Topliss-reactive ketones (excluding diaryl/α,β-unsaturated/α-hetero) is 1. The molecule has 31 heavy (non-hydrogen) atoms. The SMILES string of the molecule is O=C(C[C@]1(O)C(=O)N(Cc2ccc3c(c2)OCO3)c2ccccc21)c1ccc(Cl)cc1. The molecule has 0 bridgehead atoms. The number of ether oxygens (including phenoxy) is 2. The Morgan fingerprint density at radius 3 is 2.58 bits per heavy atom. The highest BCUT2D eigenvalue weighted by molar-refractivity contribution is 6.30. The van der Waals surface area contributed by atoms with Crippen molar-refractivity contribution in [3.05, 3.63) is 88.4 Å². The number of carbonyl (C=O) groups excluding carboxylic acids is 2. The van der Waals surface area contributed by atoms with Crippen molar-refractivity contribution in [2.24, 2.45) is 0 Å². The van der Waals surface area contributed by atoms with Crippen molar-refractivity contribution in [1.82, 2.24) is 0 Å². The van der Waals surface area contributed by atoms with Gasteiger partial charge in [0.05, 0.1) is 18.7 Å². The molecule has 0 saturated heterocycles. The van der Waals surface area contributed by atoms with E-state index in [1.54, 1.807) is 54.6 Å². The number of ketones is 1. The molecule has 6 nitrogen and oxygen atoms in total. The van der Waals surface area contributed by atoms with Crippen LogP contribution in [0.1, 0.15) is 27.9 Å². The molecule has 0 unspecified atom stereocenters. The first-order valence-electron chi connectivity index (χ1n) is 9.77. The van der Waals surface area contributed by atoms with E-state index in [1.807, 2.05) is 12.1 Å². The minimum absolute atomic E-state index is 0.164. The van der Waals surface area contributed by atoms with E-state index in [-0.39, 0.29) is 25.5 Å². The molecule has 0 fully saturated rings. The Balaban J connectivity index is 1.46. The van der Waals surface area contributed by atoms with Crippen molar-refractivity contribution in [2.45, 2.75) is 18.6 Å². The molecule has 5 rings (SSSR count). The number of para-hydroxylation sites is 1. The number of fused-ring (bicyclic) bond motifs is 2. The second kappa shape index (κ2) is 7.41. The Morgan fingerprint density at radius 2 is 1.77 bits per heavy atom. The van der Waals surface area contributed by atoms with Gasteiger partial charge in [0.15, 0.2) is 22.9 Å². The molecule has 2 aliphatic heterocycles. The monoisotopic (exact) mass is 435 g/mol. The van der Waals surface area contributed by atoms with Crippen LogP contribution in [0.4, 0.5) is 5.69 Å². The van der Waals surface area contributed by atoms with Crippen LogP contribution in [-0.4, -0.2) is 23.6 Å². The Morgan fingerprint density at radius 1 is 1.03 bits per heavy atom. The number of amides is 1. The lowest BCUT2D eigenvalue weighted by Gasteiger charge is -2.23. The zero-order chi connectivity index (χ0) is 21.6. The maximum absolute atomic E-state index is 13.4. The highest BCUT2D eigenvalue weighted by atomic mass is 35.5. The second-order valence-electron chi connectivity index (χ2n) is 7.56. The Kier molecular flexibility index (Phi) is 4.68. The number of hydrogen-bond donors (Lipinski definition) is 1. The Hall–Kier alpha value is -3.35. The van der Waals surface area contributed by atoms with Crippen LogP contribution in [-0.2, 0) is 16.9 Å². The molecule has 3 aromatic rings. The van der Waals surface area contributed by atoms with Crippen LogP contribution in [0.15, 0.2) is 66.7 Å². The molecule has 3 aromatic carbocycles. The van der Waals surface area contributed by atoms with E-state index in [0.717, 1.165) is 5.56 Å². The summed E-state index contributed by atoms with van der Waals surface area (Å²) in [6.07, 6.45) is -0.359. The lowest BCUT2D eigenvalue weighted by molar-refractivity contribution is -0.136. The van der Waals surface area contributed by atoms with Gasteiger partial charge in [-0.05, 0) is 48.0 Å². The van der Waals surface area contributed by atoms with Crippen molar-refractivity contribution in [3.8, 4) is 11.5 Å². The lowest BCUT2D eigenvalue weighted by Crippen LogP contribution is -2.41. The van der Waals surface area contributed by atoms with E-state index in [1.165, 1.54) is 4.90 Å². The molecule has 2 heterocycles. The highest BCUT2D eigenvalue weighted by Gasteiger charge is 2.50. The summed E-state index contributed by atoms with van der Waals surface area (Å²) in [6.45, 7) is 0.390. The van der Waals surface area contributed by atoms with E-state index in [0.29, 0.717) is 33.3 Å². The van der Waals surface area contributed by atoms with Gasteiger partial charge in [0.25, 0.3) is 5.91 Å². The summed E-state index contributed by atoms with van der Waals surface area (Å²) < 4.78 is 10.8. The number of anilines is 1. The summed E-state index contributed by atoms with van der Waals surface area (Å²) in [7, 11) is 0. The van der Waals surface area contributed by atoms with Crippen LogP contribution in [0.3, 0.4) is 0 Å². The molecule has 1 atom stereocenters. The summed E-state index contributed by atoms with van der Waals surface area (Å²) in [5.41, 5.74) is 0.265. The smallest absolute Gasteiger partial charge is 0.264 e. The van der Waals surface area contributed by atoms with Gasteiger partial charge in [-0.1, -0.05) is 35.9 Å². The summed E-state index contributed by atoms with van der Waals surface area (Å²) in [4.78, 5) is 27.8. The normalized spacial score (nSPS) is 18.9. The maximum atomic E-state index is 13.4. The fourth-order valence-corrected chi connectivity index (χ4v) is 4.15. The average molecular weight is 436 g/mol. The molecular weight excluding hydrogens is 418 g/mol. The molecule has 156 valence electrons. The fraction of sp³-hybridized carbons (Fsp3) is 0.167. The topological polar surface area (TPSA) is 76.1 Å². The number of nitrogens with zero attached hydrogens (tertiary/aromatic N) is 1. The van der Waals surface area contributed by atoms with E-state index in [9.17, 15) is 14.7 Å². The van der Waals surface area contributed by atoms with Gasteiger partial charge in [-0.3, -0.25) is 9.59 Å². The van der Waals surface area contributed by atoms with Gasteiger partial charge in [-0.15, -0.1) is 0 Å². The van der Waals surface area contributed by atoms with Crippen LogP contribution >= 0.6 is 11.6 Å². The zero-order valence-electron chi connectivity index (χ0n) is 16.4. The molecule has 7 heteroatoms. The predicted octanol–water partition coefficient (Wildman–Crippen LogP) is 4.08. The van der Waals surface area contributed by atoms with Crippen molar-refractivity contribution < 1.29 is 24.2 Å². The Labute approximate surface area is 183 Å².